The Bertz CT molecular complexity index is 1110. The van der Waals surface area contributed by atoms with Crippen LogP contribution in [0.5, 0.6) is 0 Å². The Hall–Kier alpha value is -3.00. The van der Waals surface area contributed by atoms with Gasteiger partial charge in [-0.2, -0.15) is 0 Å². The van der Waals surface area contributed by atoms with Crippen molar-refractivity contribution in [3.8, 4) is 11.3 Å². The highest BCUT2D eigenvalue weighted by Crippen LogP contribution is 2.29. The molecule has 0 bridgehead atoms. The second-order valence-electron chi connectivity index (χ2n) is 9.22. The van der Waals surface area contributed by atoms with E-state index in [-0.39, 0.29) is 11.9 Å². The van der Waals surface area contributed by atoms with E-state index in [1.165, 1.54) is 12.8 Å². The molecule has 1 aliphatic heterocycles. The summed E-state index contributed by atoms with van der Waals surface area (Å²) in [5.74, 6) is 1.59. The summed E-state index contributed by atoms with van der Waals surface area (Å²) in [5.41, 5.74) is 3.25. The molecule has 3 heterocycles. The van der Waals surface area contributed by atoms with Crippen LogP contribution < -0.4 is 10.6 Å². The molecule has 0 unspecified atom stereocenters. The fourth-order valence-corrected chi connectivity index (χ4v) is 4.42. The maximum atomic E-state index is 13.5. The third-order valence-corrected chi connectivity index (χ3v) is 6.45. The Morgan fingerprint density at radius 2 is 2.06 bits per heavy atom. The van der Waals surface area contributed by atoms with Crippen molar-refractivity contribution in [2.75, 3.05) is 31.5 Å². The zero-order valence-corrected chi connectivity index (χ0v) is 19.0. The number of aromatic nitrogens is 3. The molecule has 2 aromatic heterocycles. The minimum Gasteiger partial charge on any atom is -0.368 e. The average molecular weight is 451 g/mol. The number of amides is 1. The highest BCUT2D eigenvalue weighted by Gasteiger charge is 2.27. The molecular formula is C25H31FN6O. The van der Waals surface area contributed by atoms with E-state index in [1.54, 1.807) is 0 Å². The van der Waals surface area contributed by atoms with E-state index in [0.717, 1.165) is 41.6 Å². The Kier molecular flexibility index (Phi) is 6.26. The van der Waals surface area contributed by atoms with Gasteiger partial charge in [0.15, 0.2) is 5.65 Å². The molecular weight excluding hydrogens is 419 g/mol. The number of alkyl halides is 1. The summed E-state index contributed by atoms with van der Waals surface area (Å²) < 4.78 is 15.4. The van der Waals surface area contributed by atoms with Crippen LogP contribution in [0.25, 0.3) is 16.9 Å². The SMILES string of the molecule is CCCN(C[C@@H]1C[C@@H](F)CN1)C(=O)c1ccc(-c2cnc3ccc(NCC4CC4)nn23)cc1. The van der Waals surface area contributed by atoms with Crippen molar-refractivity contribution < 1.29 is 9.18 Å². The quantitative estimate of drug-likeness (QED) is 0.519. The van der Waals surface area contributed by atoms with Gasteiger partial charge in [-0.1, -0.05) is 19.1 Å². The van der Waals surface area contributed by atoms with Crippen molar-refractivity contribution >= 4 is 17.4 Å². The first-order chi connectivity index (χ1) is 16.1. The first-order valence-electron chi connectivity index (χ1n) is 12.0. The molecule has 2 fully saturated rings. The Morgan fingerprint density at radius 1 is 1.24 bits per heavy atom. The highest BCUT2D eigenvalue weighted by atomic mass is 19.1. The van der Waals surface area contributed by atoms with Crippen LogP contribution in [0, 0.1) is 5.92 Å². The summed E-state index contributed by atoms with van der Waals surface area (Å²) in [6, 6.07) is 11.5. The number of imidazole rings is 1. The number of carbonyl (C=O) groups excluding carboxylic acids is 1. The number of nitrogens with zero attached hydrogens (tertiary/aromatic N) is 4. The van der Waals surface area contributed by atoms with Gasteiger partial charge in [0, 0.05) is 43.3 Å². The first-order valence-corrected chi connectivity index (χ1v) is 12.0. The van der Waals surface area contributed by atoms with E-state index in [1.807, 2.05) is 52.0 Å². The van der Waals surface area contributed by atoms with Gasteiger partial charge in [0.25, 0.3) is 5.91 Å². The monoisotopic (exact) mass is 450 g/mol. The summed E-state index contributed by atoms with van der Waals surface area (Å²) >= 11 is 0. The summed E-state index contributed by atoms with van der Waals surface area (Å²) in [7, 11) is 0. The predicted molar refractivity (Wildman–Crippen MR) is 127 cm³/mol. The molecule has 1 amide bonds. The molecule has 1 aliphatic carbocycles. The second-order valence-corrected chi connectivity index (χ2v) is 9.22. The van der Waals surface area contributed by atoms with E-state index >= 15 is 0 Å². The van der Waals surface area contributed by atoms with Crippen molar-refractivity contribution in [1.82, 2.24) is 24.8 Å². The number of rotatable bonds is 9. The number of nitrogens with one attached hydrogen (secondary N) is 2. The average Bonchev–Trinajstić information content (AvgIpc) is 3.43. The fraction of sp³-hybridized carbons (Fsp3) is 0.480. The first kappa shape index (κ1) is 21.8. The lowest BCUT2D eigenvalue weighted by molar-refractivity contribution is 0.0740. The Balaban J connectivity index is 1.32. The molecule has 1 saturated carbocycles. The van der Waals surface area contributed by atoms with E-state index in [4.69, 9.17) is 5.10 Å². The minimum atomic E-state index is -0.823. The van der Waals surface area contributed by atoms with Crippen molar-refractivity contribution in [3.63, 3.8) is 0 Å². The van der Waals surface area contributed by atoms with Gasteiger partial charge in [-0.05, 0) is 55.9 Å². The summed E-state index contributed by atoms with van der Waals surface area (Å²) in [5, 5.41) is 11.3. The topological polar surface area (TPSA) is 74.6 Å². The third kappa shape index (κ3) is 5.00. The summed E-state index contributed by atoms with van der Waals surface area (Å²) in [6.07, 6.45) is 4.90. The molecule has 0 radical (unpaired) electrons. The van der Waals surface area contributed by atoms with Crippen LogP contribution in [0.1, 0.15) is 43.0 Å². The van der Waals surface area contributed by atoms with Gasteiger partial charge in [-0.25, -0.2) is 13.9 Å². The molecule has 2 N–H and O–H groups in total. The van der Waals surface area contributed by atoms with Gasteiger partial charge in [-0.3, -0.25) is 4.79 Å². The minimum absolute atomic E-state index is 0.0155. The van der Waals surface area contributed by atoms with Crippen LogP contribution >= 0.6 is 0 Å². The Labute approximate surface area is 193 Å². The molecule has 1 aromatic carbocycles. The molecule has 0 spiro atoms. The van der Waals surface area contributed by atoms with Crippen molar-refractivity contribution in [2.24, 2.45) is 5.92 Å². The van der Waals surface area contributed by atoms with E-state index in [2.05, 4.69) is 22.5 Å². The molecule has 2 atom stereocenters. The number of halogens is 1. The standard InChI is InChI=1S/C25H31FN6O/c1-2-11-31(16-21-12-20(26)14-27-21)25(33)19-7-5-18(6-8-19)22-15-29-24-10-9-23(30-32(22)24)28-13-17-3-4-17/h5-10,15,17,20-21,27H,2-4,11-14,16H2,1H3,(H,28,30)/t20-,21+/m1/s1. The molecule has 5 rings (SSSR count). The number of hydrogen-bond donors (Lipinski definition) is 2. The van der Waals surface area contributed by atoms with E-state index in [9.17, 15) is 9.18 Å². The van der Waals surface area contributed by atoms with Crippen molar-refractivity contribution in [3.05, 3.63) is 48.2 Å². The fourth-order valence-electron chi connectivity index (χ4n) is 4.42. The smallest absolute Gasteiger partial charge is 0.253 e. The van der Waals surface area contributed by atoms with Crippen LogP contribution in [0.2, 0.25) is 0 Å². The molecule has 33 heavy (non-hydrogen) atoms. The number of fused-ring (bicyclic) bond motifs is 1. The lowest BCUT2D eigenvalue weighted by Crippen LogP contribution is -2.41. The zero-order chi connectivity index (χ0) is 22.8. The summed E-state index contributed by atoms with van der Waals surface area (Å²) in [4.78, 5) is 19.5. The molecule has 8 heteroatoms. The number of anilines is 1. The number of hydrogen-bond acceptors (Lipinski definition) is 5. The largest absolute Gasteiger partial charge is 0.368 e. The normalized spacial score (nSPS) is 20.3. The molecule has 3 aromatic rings. The van der Waals surface area contributed by atoms with Gasteiger partial charge in [-0.15, -0.1) is 5.10 Å². The lowest BCUT2D eigenvalue weighted by atomic mass is 10.1. The van der Waals surface area contributed by atoms with Crippen LogP contribution in [0.3, 0.4) is 0 Å². The Morgan fingerprint density at radius 3 is 2.76 bits per heavy atom. The van der Waals surface area contributed by atoms with Gasteiger partial charge >= 0.3 is 0 Å². The molecule has 174 valence electrons. The van der Waals surface area contributed by atoms with Crippen LogP contribution in [-0.4, -0.2) is 63.8 Å². The zero-order valence-electron chi connectivity index (χ0n) is 19.0. The molecule has 7 nitrogen and oxygen atoms in total. The van der Waals surface area contributed by atoms with Gasteiger partial charge in [0.05, 0.1) is 11.9 Å². The third-order valence-electron chi connectivity index (χ3n) is 6.45. The molecule has 2 aliphatic rings. The number of carbonyl (C=O) groups is 1. The maximum absolute atomic E-state index is 13.5. The van der Waals surface area contributed by atoms with E-state index in [0.29, 0.717) is 31.6 Å². The van der Waals surface area contributed by atoms with Gasteiger partial charge < -0.3 is 15.5 Å². The van der Waals surface area contributed by atoms with Crippen LogP contribution in [0.15, 0.2) is 42.6 Å². The van der Waals surface area contributed by atoms with E-state index < -0.39 is 6.17 Å². The van der Waals surface area contributed by atoms with Crippen molar-refractivity contribution in [2.45, 2.75) is 44.8 Å². The van der Waals surface area contributed by atoms with Crippen LogP contribution in [0.4, 0.5) is 10.2 Å². The van der Waals surface area contributed by atoms with Gasteiger partial charge in [0.1, 0.15) is 12.0 Å². The highest BCUT2D eigenvalue weighted by molar-refractivity contribution is 5.94. The number of benzene rings is 1. The van der Waals surface area contributed by atoms with Crippen molar-refractivity contribution in [1.29, 1.82) is 0 Å². The maximum Gasteiger partial charge on any atom is 0.253 e. The molecule has 1 saturated heterocycles. The van der Waals surface area contributed by atoms with Crippen LogP contribution in [-0.2, 0) is 0 Å². The van der Waals surface area contributed by atoms with Gasteiger partial charge in [0.2, 0.25) is 0 Å². The predicted octanol–water partition coefficient (Wildman–Crippen LogP) is 3.77. The summed E-state index contributed by atoms with van der Waals surface area (Å²) in [6.45, 7) is 4.57. The lowest BCUT2D eigenvalue weighted by Gasteiger charge is -2.25. The second kappa shape index (κ2) is 9.47.